The lowest BCUT2D eigenvalue weighted by Crippen LogP contribution is -2.42. The maximum atomic E-state index is 13.2. The molecule has 2 heterocycles. The maximum absolute atomic E-state index is 13.2. The average molecular weight is 325 g/mol. The van der Waals surface area contributed by atoms with Crippen LogP contribution in [0.2, 0.25) is 0 Å². The lowest BCUT2D eigenvalue weighted by molar-refractivity contribution is -0.120. The fourth-order valence-corrected chi connectivity index (χ4v) is 4.30. The van der Waals surface area contributed by atoms with Crippen molar-refractivity contribution >= 4 is 16.8 Å². The van der Waals surface area contributed by atoms with Crippen LogP contribution in [-0.4, -0.2) is 15.5 Å². The summed E-state index contributed by atoms with van der Waals surface area (Å²) in [7, 11) is 0. The summed E-state index contributed by atoms with van der Waals surface area (Å²) in [6.07, 6.45) is 5.16. The van der Waals surface area contributed by atoms with Gasteiger partial charge in [0.05, 0.1) is 16.8 Å². The highest BCUT2D eigenvalue weighted by molar-refractivity contribution is 5.84. The zero-order valence-corrected chi connectivity index (χ0v) is 14.0. The van der Waals surface area contributed by atoms with Gasteiger partial charge in [-0.1, -0.05) is 38.3 Å². The van der Waals surface area contributed by atoms with Crippen LogP contribution in [0.5, 0.6) is 0 Å². The van der Waals surface area contributed by atoms with Gasteiger partial charge in [0, 0.05) is 6.54 Å². The minimum atomic E-state index is -0.452. The van der Waals surface area contributed by atoms with Gasteiger partial charge in [-0.05, 0) is 36.3 Å². The number of carbonyl (C=O) groups is 1. The van der Waals surface area contributed by atoms with Gasteiger partial charge in [0.1, 0.15) is 5.82 Å². The molecule has 1 fully saturated rings. The lowest BCUT2D eigenvalue weighted by Gasteiger charge is -2.39. The number of nitrogens with zero attached hydrogens (tertiary/aromatic N) is 2. The van der Waals surface area contributed by atoms with E-state index in [4.69, 9.17) is 5.73 Å². The maximum Gasteiger partial charge on any atom is 0.261 e. The number of fused-ring (bicyclic) bond motifs is 2. The second-order valence-corrected chi connectivity index (χ2v) is 7.19. The van der Waals surface area contributed by atoms with Crippen LogP contribution in [0.4, 0.5) is 0 Å². The topological polar surface area (TPSA) is 78.0 Å². The van der Waals surface area contributed by atoms with Crippen molar-refractivity contribution in [2.45, 2.75) is 51.5 Å². The van der Waals surface area contributed by atoms with Gasteiger partial charge in [0.15, 0.2) is 0 Å². The van der Waals surface area contributed by atoms with E-state index in [0.717, 1.165) is 18.4 Å². The zero-order valence-electron chi connectivity index (χ0n) is 14.0. The van der Waals surface area contributed by atoms with E-state index in [1.54, 1.807) is 4.57 Å². The third-order valence-corrected chi connectivity index (χ3v) is 5.91. The summed E-state index contributed by atoms with van der Waals surface area (Å²) >= 11 is 0. The number of carbonyl (C=O) groups excluding carboxylic acids is 1. The molecule has 1 saturated carbocycles. The van der Waals surface area contributed by atoms with Crippen LogP contribution in [0.15, 0.2) is 23.0 Å². The molecule has 24 heavy (non-hydrogen) atoms. The first-order chi connectivity index (χ1) is 11.6. The molecule has 4 rings (SSSR count). The van der Waals surface area contributed by atoms with Crippen molar-refractivity contribution in [3.8, 4) is 0 Å². The zero-order chi connectivity index (χ0) is 16.8. The van der Waals surface area contributed by atoms with E-state index in [1.807, 2.05) is 25.1 Å². The first-order valence-electron chi connectivity index (χ1n) is 8.91. The summed E-state index contributed by atoms with van der Waals surface area (Å²) in [4.78, 5) is 29.9. The van der Waals surface area contributed by atoms with Crippen molar-refractivity contribution < 1.29 is 4.79 Å². The van der Waals surface area contributed by atoms with Gasteiger partial charge in [0.2, 0.25) is 5.91 Å². The Morgan fingerprint density at radius 2 is 2.12 bits per heavy atom. The standard InChI is InChI=1S/C19H23N3O2/c1-2-11-5-4-8-15-16(11)19(24)22-10-13(12-6-3-7-12)9-14(17(20)23)18(22)21-15/h4-5,8,12-14H,2-3,6-7,9-10H2,1H3,(H2,20,23)/t13-,14-/m1/s1. The molecule has 5 heteroatoms. The molecular formula is C19H23N3O2. The lowest BCUT2D eigenvalue weighted by atomic mass is 9.71. The Balaban J connectivity index is 1.92. The molecule has 0 radical (unpaired) electrons. The Morgan fingerprint density at radius 3 is 2.75 bits per heavy atom. The quantitative estimate of drug-likeness (QED) is 0.941. The Hall–Kier alpha value is -2.17. The van der Waals surface area contributed by atoms with Crippen LogP contribution in [0.1, 0.15) is 49.9 Å². The summed E-state index contributed by atoms with van der Waals surface area (Å²) in [6, 6.07) is 5.76. The molecule has 2 aromatic rings. The summed E-state index contributed by atoms with van der Waals surface area (Å²) in [5.74, 6) is 0.708. The molecule has 1 aliphatic heterocycles. The Morgan fingerprint density at radius 1 is 1.33 bits per heavy atom. The van der Waals surface area contributed by atoms with Gasteiger partial charge in [-0.2, -0.15) is 0 Å². The van der Waals surface area contributed by atoms with Crippen molar-refractivity contribution in [2.75, 3.05) is 0 Å². The van der Waals surface area contributed by atoms with Gasteiger partial charge in [-0.15, -0.1) is 0 Å². The number of hydrogen-bond acceptors (Lipinski definition) is 3. The monoisotopic (exact) mass is 325 g/mol. The normalized spacial score (nSPS) is 23.7. The molecule has 1 aromatic heterocycles. The van der Waals surface area contributed by atoms with Crippen molar-refractivity contribution in [1.29, 1.82) is 0 Å². The summed E-state index contributed by atoms with van der Waals surface area (Å²) in [5.41, 5.74) is 7.34. The predicted molar refractivity (Wildman–Crippen MR) is 92.8 cm³/mol. The third kappa shape index (κ3) is 2.26. The first kappa shape index (κ1) is 15.4. The molecule has 126 valence electrons. The van der Waals surface area contributed by atoms with E-state index in [1.165, 1.54) is 19.3 Å². The van der Waals surface area contributed by atoms with Crippen LogP contribution in [-0.2, 0) is 17.8 Å². The Labute approximate surface area is 140 Å². The molecule has 2 N–H and O–H groups in total. The van der Waals surface area contributed by atoms with E-state index in [9.17, 15) is 9.59 Å². The second kappa shape index (κ2) is 5.72. The van der Waals surface area contributed by atoms with E-state index in [0.29, 0.717) is 35.1 Å². The summed E-state index contributed by atoms with van der Waals surface area (Å²) in [5, 5.41) is 0.696. The highest BCUT2D eigenvalue weighted by Crippen LogP contribution is 2.41. The molecule has 0 saturated heterocycles. The summed E-state index contributed by atoms with van der Waals surface area (Å²) in [6.45, 7) is 2.71. The highest BCUT2D eigenvalue weighted by Gasteiger charge is 2.38. The molecule has 1 amide bonds. The van der Waals surface area contributed by atoms with Crippen LogP contribution in [0.25, 0.3) is 10.9 Å². The highest BCUT2D eigenvalue weighted by atomic mass is 16.1. The number of aromatic nitrogens is 2. The molecule has 0 bridgehead atoms. The van der Waals surface area contributed by atoms with Gasteiger partial charge in [-0.3, -0.25) is 14.2 Å². The molecule has 2 aliphatic rings. The van der Waals surface area contributed by atoms with Crippen LogP contribution in [0.3, 0.4) is 0 Å². The van der Waals surface area contributed by atoms with Crippen molar-refractivity contribution in [2.24, 2.45) is 17.6 Å². The number of rotatable bonds is 3. The number of primary amides is 1. The Bertz CT molecular complexity index is 867. The number of nitrogens with two attached hydrogens (primary N) is 1. The summed E-state index contributed by atoms with van der Waals surface area (Å²) < 4.78 is 1.74. The molecule has 0 spiro atoms. The minimum Gasteiger partial charge on any atom is -0.369 e. The van der Waals surface area contributed by atoms with E-state index >= 15 is 0 Å². The number of benzene rings is 1. The van der Waals surface area contributed by atoms with Crippen molar-refractivity contribution in [1.82, 2.24) is 9.55 Å². The second-order valence-electron chi connectivity index (χ2n) is 7.19. The van der Waals surface area contributed by atoms with Gasteiger partial charge < -0.3 is 5.73 Å². The van der Waals surface area contributed by atoms with Gasteiger partial charge >= 0.3 is 0 Å². The SMILES string of the molecule is CCc1cccc2nc3n(c(=O)c12)C[C@H](C1CCC1)C[C@@H]3C(N)=O. The molecular weight excluding hydrogens is 302 g/mol. The molecule has 1 aromatic carbocycles. The van der Waals surface area contributed by atoms with Gasteiger partial charge in [-0.25, -0.2) is 4.98 Å². The van der Waals surface area contributed by atoms with Crippen LogP contribution in [0, 0.1) is 11.8 Å². The minimum absolute atomic E-state index is 0.0114. The fourth-order valence-electron chi connectivity index (χ4n) is 4.30. The first-order valence-corrected chi connectivity index (χ1v) is 8.91. The van der Waals surface area contributed by atoms with E-state index < -0.39 is 5.92 Å². The predicted octanol–water partition coefficient (Wildman–Crippen LogP) is 2.35. The Kier molecular flexibility index (Phi) is 3.66. The molecule has 0 unspecified atom stereocenters. The number of hydrogen-bond donors (Lipinski definition) is 1. The third-order valence-electron chi connectivity index (χ3n) is 5.91. The van der Waals surface area contributed by atoms with Gasteiger partial charge in [0.25, 0.3) is 5.56 Å². The smallest absolute Gasteiger partial charge is 0.261 e. The van der Waals surface area contributed by atoms with E-state index in [2.05, 4.69) is 4.98 Å². The number of aryl methyl sites for hydroxylation is 1. The van der Waals surface area contributed by atoms with Crippen LogP contribution < -0.4 is 11.3 Å². The van der Waals surface area contributed by atoms with Crippen LogP contribution >= 0.6 is 0 Å². The largest absolute Gasteiger partial charge is 0.369 e. The van der Waals surface area contributed by atoms with E-state index in [-0.39, 0.29) is 11.5 Å². The fraction of sp³-hybridized carbons (Fsp3) is 0.526. The van der Waals surface area contributed by atoms with Crippen molar-refractivity contribution in [3.05, 3.63) is 39.9 Å². The molecule has 1 aliphatic carbocycles. The molecule has 2 atom stereocenters. The molecule has 5 nitrogen and oxygen atoms in total. The van der Waals surface area contributed by atoms with Crippen molar-refractivity contribution in [3.63, 3.8) is 0 Å². The average Bonchev–Trinajstić information content (AvgIpc) is 2.52. The number of amides is 1.